The highest BCUT2D eigenvalue weighted by atomic mass is 15.3. The number of hydrogen-bond donors (Lipinski definition) is 0. The topological polar surface area (TPSA) is 70.3 Å². The number of fused-ring (bicyclic) bond motifs is 5. The molecule has 0 saturated heterocycles. The average molecular weight is 409 g/mol. The fourth-order valence-electron chi connectivity index (χ4n) is 4.38. The maximum absolute atomic E-state index is 9.52. The van der Waals surface area contributed by atoms with Gasteiger partial charge >= 0.3 is 0 Å². The third-order valence-corrected chi connectivity index (χ3v) is 5.77. The van der Waals surface area contributed by atoms with Gasteiger partial charge < -0.3 is 4.57 Å². The molecule has 0 atom stereocenters. The molecule has 0 radical (unpaired) electrons. The fraction of sp³-hybridized carbons (Fsp3) is 0. The normalized spacial score (nSPS) is 11.1. The minimum absolute atomic E-state index is 0.451. The Balaban J connectivity index is 1.77. The van der Waals surface area contributed by atoms with Gasteiger partial charge in [-0.2, -0.15) is 15.6 Å². The van der Waals surface area contributed by atoms with Crippen molar-refractivity contribution in [3.8, 4) is 23.5 Å². The van der Waals surface area contributed by atoms with E-state index in [-0.39, 0.29) is 0 Å². The molecule has 0 amide bonds. The van der Waals surface area contributed by atoms with E-state index < -0.39 is 0 Å². The lowest BCUT2D eigenvalue weighted by atomic mass is 10.1. The van der Waals surface area contributed by atoms with E-state index in [9.17, 15) is 10.5 Å². The summed E-state index contributed by atoms with van der Waals surface area (Å²) in [6.45, 7) is 0. The maximum Gasteiger partial charge on any atom is 0.117 e. The first-order chi connectivity index (χ1) is 15.8. The van der Waals surface area contributed by atoms with Crippen molar-refractivity contribution in [2.24, 2.45) is 0 Å². The minimum atomic E-state index is 0.451. The summed E-state index contributed by atoms with van der Waals surface area (Å²) in [5.41, 5.74) is 5.48. The number of benzene rings is 4. The lowest BCUT2D eigenvalue weighted by Gasteiger charge is -2.09. The van der Waals surface area contributed by atoms with Gasteiger partial charge in [-0.25, -0.2) is 4.68 Å². The predicted octanol–water partition coefficient (Wildman–Crippen LogP) is 5.87. The van der Waals surface area contributed by atoms with Crippen molar-refractivity contribution in [1.82, 2.24) is 14.3 Å². The summed E-state index contributed by atoms with van der Waals surface area (Å²) in [4.78, 5) is 0. The van der Waals surface area contributed by atoms with Gasteiger partial charge in [0.1, 0.15) is 5.52 Å². The molecule has 32 heavy (non-hydrogen) atoms. The van der Waals surface area contributed by atoms with Gasteiger partial charge in [-0.05, 0) is 36.4 Å². The molecule has 0 unspecified atom stereocenters. The number of nitrogens with zero attached hydrogens (tertiary/aromatic N) is 5. The molecule has 0 fully saturated rings. The molecule has 0 aliphatic heterocycles. The largest absolute Gasteiger partial charge is 0.307 e. The van der Waals surface area contributed by atoms with Crippen LogP contribution in [0.25, 0.3) is 44.1 Å². The second-order valence-electron chi connectivity index (χ2n) is 7.65. The predicted molar refractivity (Wildman–Crippen MR) is 125 cm³/mol. The summed E-state index contributed by atoms with van der Waals surface area (Å²) < 4.78 is 4.00. The van der Waals surface area contributed by atoms with Crippen LogP contribution in [0, 0.1) is 22.7 Å². The van der Waals surface area contributed by atoms with E-state index in [1.165, 1.54) is 0 Å². The molecule has 6 aromatic rings. The van der Waals surface area contributed by atoms with Crippen LogP contribution in [0.5, 0.6) is 0 Å². The fourth-order valence-corrected chi connectivity index (χ4v) is 4.38. The number of rotatable bonds is 2. The Labute approximate surface area is 183 Å². The van der Waals surface area contributed by atoms with Crippen LogP contribution < -0.4 is 0 Å². The Bertz CT molecular complexity index is 1710. The highest BCUT2D eigenvalue weighted by Crippen LogP contribution is 2.36. The van der Waals surface area contributed by atoms with Crippen LogP contribution in [0.15, 0.2) is 91.1 Å². The molecule has 5 heteroatoms. The SMILES string of the molecule is N#Cc1cc(C#N)cc(-n2c3ccccc3c3ccc4cn(-c5ccccc5)nc4c32)c1. The molecule has 2 heterocycles. The molecule has 0 saturated carbocycles. The van der Waals surface area contributed by atoms with Crippen LogP contribution in [0.2, 0.25) is 0 Å². The van der Waals surface area contributed by atoms with Crippen molar-refractivity contribution in [3.05, 3.63) is 102 Å². The van der Waals surface area contributed by atoms with E-state index in [0.29, 0.717) is 11.1 Å². The molecule has 5 nitrogen and oxygen atoms in total. The van der Waals surface area contributed by atoms with E-state index in [2.05, 4.69) is 41.0 Å². The van der Waals surface area contributed by atoms with Crippen LogP contribution >= 0.6 is 0 Å². The van der Waals surface area contributed by atoms with Gasteiger partial charge in [0.25, 0.3) is 0 Å². The van der Waals surface area contributed by atoms with Crippen LogP contribution in [0.1, 0.15) is 11.1 Å². The molecule has 0 N–H and O–H groups in total. The third-order valence-electron chi connectivity index (χ3n) is 5.77. The van der Waals surface area contributed by atoms with Gasteiger partial charge in [0, 0.05) is 28.0 Å². The Morgan fingerprint density at radius 1 is 0.688 bits per heavy atom. The number of aromatic nitrogens is 3. The van der Waals surface area contributed by atoms with E-state index in [4.69, 9.17) is 5.10 Å². The first-order valence-electron chi connectivity index (χ1n) is 10.2. The Morgan fingerprint density at radius 3 is 2.16 bits per heavy atom. The first-order valence-corrected chi connectivity index (χ1v) is 10.2. The van der Waals surface area contributed by atoms with Crippen LogP contribution in [-0.2, 0) is 0 Å². The third kappa shape index (κ3) is 2.59. The first kappa shape index (κ1) is 17.9. The number of nitriles is 2. The number of hydrogen-bond acceptors (Lipinski definition) is 3. The standard InChI is InChI=1S/C27H15N5/c28-15-18-12-19(16-29)14-22(13-18)32-25-9-5-4-8-23(25)24-11-10-20-17-31(30-26(20)27(24)32)21-6-2-1-3-7-21/h1-14,17H. The zero-order valence-electron chi connectivity index (χ0n) is 16.9. The van der Waals surface area contributed by atoms with Gasteiger partial charge in [0.15, 0.2) is 0 Å². The zero-order chi connectivity index (χ0) is 21.7. The summed E-state index contributed by atoms with van der Waals surface area (Å²) in [6.07, 6.45) is 2.03. The van der Waals surface area contributed by atoms with Gasteiger partial charge in [-0.15, -0.1) is 0 Å². The molecule has 0 bridgehead atoms. The van der Waals surface area contributed by atoms with Crippen LogP contribution in [0.4, 0.5) is 0 Å². The summed E-state index contributed by atoms with van der Waals surface area (Å²) in [5.74, 6) is 0. The van der Waals surface area contributed by atoms with Crippen molar-refractivity contribution < 1.29 is 0 Å². The molecule has 0 spiro atoms. The summed E-state index contributed by atoms with van der Waals surface area (Å²) in [5, 5.41) is 27.2. The van der Waals surface area contributed by atoms with Gasteiger partial charge in [-0.3, -0.25) is 0 Å². The molecule has 0 aliphatic rings. The molecule has 4 aromatic carbocycles. The summed E-state index contributed by atoms with van der Waals surface area (Å²) >= 11 is 0. The second-order valence-corrected chi connectivity index (χ2v) is 7.65. The van der Waals surface area contributed by atoms with E-state index >= 15 is 0 Å². The summed E-state index contributed by atoms with van der Waals surface area (Å²) in [7, 11) is 0. The maximum atomic E-state index is 9.52. The second kappa shape index (κ2) is 6.84. The van der Waals surface area contributed by atoms with Gasteiger partial charge in [0.05, 0.1) is 40.0 Å². The van der Waals surface area contributed by atoms with Crippen molar-refractivity contribution in [2.75, 3.05) is 0 Å². The van der Waals surface area contributed by atoms with Gasteiger partial charge in [-0.1, -0.05) is 48.5 Å². The minimum Gasteiger partial charge on any atom is -0.307 e. The molecular weight excluding hydrogens is 394 g/mol. The van der Waals surface area contributed by atoms with Gasteiger partial charge in [0.2, 0.25) is 0 Å². The number of para-hydroxylation sites is 2. The average Bonchev–Trinajstić information content (AvgIpc) is 3.43. The Hall–Kier alpha value is -4.87. The van der Waals surface area contributed by atoms with Crippen LogP contribution in [0.3, 0.4) is 0 Å². The van der Waals surface area contributed by atoms with Crippen molar-refractivity contribution in [1.29, 1.82) is 10.5 Å². The highest BCUT2D eigenvalue weighted by molar-refractivity contribution is 6.17. The smallest absolute Gasteiger partial charge is 0.117 e. The Kier molecular flexibility index (Phi) is 3.83. The summed E-state index contributed by atoms with van der Waals surface area (Å²) in [6, 6.07) is 32.0. The molecule has 2 aromatic heterocycles. The van der Waals surface area contributed by atoms with Crippen molar-refractivity contribution in [3.63, 3.8) is 0 Å². The molecule has 148 valence electrons. The van der Waals surface area contributed by atoms with E-state index in [1.54, 1.807) is 6.07 Å². The molecule has 6 rings (SSSR count). The van der Waals surface area contributed by atoms with E-state index in [1.807, 2.05) is 65.5 Å². The van der Waals surface area contributed by atoms with Crippen molar-refractivity contribution >= 4 is 32.7 Å². The zero-order valence-corrected chi connectivity index (χ0v) is 16.9. The van der Waals surface area contributed by atoms with Crippen molar-refractivity contribution in [2.45, 2.75) is 0 Å². The lowest BCUT2D eigenvalue weighted by Crippen LogP contribution is -1.97. The quantitative estimate of drug-likeness (QED) is 0.359. The van der Waals surface area contributed by atoms with Crippen LogP contribution in [-0.4, -0.2) is 14.3 Å². The molecular formula is C27H15N5. The highest BCUT2D eigenvalue weighted by Gasteiger charge is 2.18. The monoisotopic (exact) mass is 409 g/mol. The lowest BCUT2D eigenvalue weighted by molar-refractivity contribution is 0.897. The Morgan fingerprint density at radius 2 is 1.41 bits per heavy atom. The molecule has 0 aliphatic carbocycles. The van der Waals surface area contributed by atoms with E-state index in [0.717, 1.165) is 44.1 Å².